The predicted octanol–water partition coefficient (Wildman–Crippen LogP) is 19.4. The van der Waals surface area contributed by atoms with Crippen molar-refractivity contribution in [3.8, 4) is 0 Å². The quantitative estimate of drug-likeness (QED) is 0.0195. The van der Waals surface area contributed by atoms with Gasteiger partial charge in [0.25, 0.3) is 0 Å². The minimum atomic E-state index is -1.57. The van der Waals surface area contributed by atoms with E-state index in [4.69, 9.17) is 14.2 Å². The van der Waals surface area contributed by atoms with E-state index in [1.165, 1.54) is 308 Å². The molecule has 0 spiro atoms. The Morgan fingerprint density at radius 1 is 0.424 bits per heavy atom. The molecule has 7 atom stereocenters. The first-order valence-electron chi connectivity index (χ1n) is 37.5. The van der Waals surface area contributed by atoms with Gasteiger partial charge in [0, 0.05) is 12.8 Å². The molecule has 11 heteroatoms. The zero-order valence-electron chi connectivity index (χ0n) is 56.1. The van der Waals surface area contributed by atoms with Crippen LogP contribution in [0.25, 0.3) is 0 Å². The number of unbranched alkanes of at least 4 members (excludes halogenated alkanes) is 53. The first-order chi connectivity index (χ1) is 41.7. The molecular formula is C74H143NO10. The summed E-state index contributed by atoms with van der Waals surface area (Å²) in [5.41, 5.74) is 0. The maximum Gasteiger partial charge on any atom is 0.305 e. The van der Waals surface area contributed by atoms with Crippen LogP contribution in [0.3, 0.4) is 0 Å². The second kappa shape index (κ2) is 63.9. The van der Waals surface area contributed by atoms with Crippen molar-refractivity contribution >= 4 is 11.9 Å². The van der Waals surface area contributed by atoms with Crippen molar-refractivity contribution in [1.29, 1.82) is 0 Å². The molecule has 0 bridgehead atoms. The van der Waals surface area contributed by atoms with Crippen molar-refractivity contribution in [1.82, 2.24) is 5.32 Å². The fourth-order valence-electron chi connectivity index (χ4n) is 12.3. The maximum absolute atomic E-state index is 13.0. The predicted molar refractivity (Wildman–Crippen MR) is 357 cm³/mol. The minimum Gasteiger partial charge on any atom is -0.466 e. The molecule has 7 unspecified atom stereocenters. The highest BCUT2D eigenvalue weighted by Gasteiger charge is 2.44. The van der Waals surface area contributed by atoms with E-state index in [1.807, 2.05) is 6.08 Å². The highest BCUT2D eigenvalue weighted by Crippen LogP contribution is 2.24. The van der Waals surface area contributed by atoms with Crippen LogP contribution >= 0.6 is 0 Å². The number of carbonyl (C=O) groups is 2. The van der Waals surface area contributed by atoms with Crippen molar-refractivity contribution in [2.24, 2.45) is 0 Å². The number of hydrogen-bond acceptors (Lipinski definition) is 10. The van der Waals surface area contributed by atoms with Gasteiger partial charge in [0.05, 0.1) is 32.0 Å². The van der Waals surface area contributed by atoms with Crippen LogP contribution in [0.1, 0.15) is 386 Å². The summed E-state index contributed by atoms with van der Waals surface area (Å²) in [6.07, 6.45) is 69.6. The Bertz CT molecular complexity index is 1420. The van der Waals surface area contributed by atoms with Gasteiger partial charge in [0.15, 0.2) is 6.29 Å². The number of rotatable bonds is 67. The Labute approximate surface area is 525 Å². The smallest absolute Gasteiger partial charge is 0.305 e. The molecule has 1 saturated heterocycles. The zero-order chi connectivity index (χ0) is 61.6. The van der Waals surface area contributed by atoms with E-state index in [9.17, 15) is 35.1 Å². The first kappa shape index (κ1) is 81.4. The average Bonchev–Trinajstić information content (AvgIpc) is 3.62. The van der Waals surface area contributed by atoms with Gasteiger partial charge < -0.3 is 45.1 Å². The molecule has 1 rings (SSSR count). The van der Waals surface area contributed by atoms with Gasteiger partial charge in [-0.1, -0.05) is 353 Å². The highest BCUT2D eigenvalue weighted by atomic mass is 16.7. The van der Waals surface area contributed by atoms with E-state index in [-0.39, 0.29) is 18.5 Å². The molecule has 0 saturated carbocycles. The van der Waals surface area contributed by atoms with E-state index in [0.717, 1.165) is 51.4 Å². The van der Waals surface area contributed by atoms with Crippen LogP contribution in [0, 0.1) is 0 Å². The van der Waals surface area contributed by atoms with E-state index >= 15 is 0 Å². The van der Waals surface area contributed by atoms with E-state index in [2.05, 4.69) is 19.2 Å². The number of nitrogens with one attached hydrogen (secondary N) is 1. The summed E-state index contributed by atoms with van der Waals surface area (Å²) in [5.74, 6) is -0.159. The van der Waals surface area contributed by atoms with Crippen LogP contribution in [-0.4, -0.2) is 100 Å². The Morgan fingerprint density at radius 2 is 0.741 bits per heavy atom. The second-order valence-electron chi connectivity index (χ2n) is 26.4. The molecule has 1 amide bonds. The Kier molecular flexibility index (Phi) is 61.2. The number of hydrogen-bond donors (Lipinski definition) is 6. The Morgan fingerprint density at radius 3 is 1.09 bits per heavy atom. The van der Waals surface area contributed by atoms with Crippen LogP contribution in [0.15, 0.2) is 12.2 Å². The molecular weight excluding hydrogens is 1060 g/mol. The third-order valence-electron chi connectivity index (χ3n) is 18.2. The Hall–Kier alpha value is -1.60. The Balaban J connectivity index is 1.86. The average molecular weight is 1210 g/mol. The molecule has 11 nitrogen and oxygen atoms in total. The number of allylic oxidation sites excluding steroid dienone is 1. The molecule has 1 aliphatic rings. The molecule has 85 heavy (non-hydrogen) atoms. The molecule has 0 aromatic rings. The van der Waals surface area contributed by atoms with Crippen LogP contribution < -0.4 is 5.32 Å². The lowest BCUT2D eigenvalue weighted by Gasteiger charge is -2.40. The van der Waals surface area contributed by atoms with Crippen molar-refractivity contribution in [2.45, 2.75) is 429 Å². The summed E-state index contributed by atoms with van der Waals surface area (Å²) in [7, 11) is 0. The summed E-state index contributed by atoms with van der Waals surface area (Å²) in [6.45, 7) is 4.37. The van der Waals surface area contributed by atoms with Crippen molar-refractivity contribution in [3.63, 3.8) is 0 Å². The molecule has 0 aromatic heterocycles. The molecule has 0 aliphatic carbocycles. The van der Waals surface area contributed by atoms with Crippen LogP contribution in [0.2, 0.25) is 0 Å². The summed E-state index contributed by atoms with van der Waals surface area (Å²) >= 11 is 0. The van der Waals surface area contributed by atoms with Crippen molar-refractivity contribution in [2.75, 3.05) is 19.8 Å². The normalized spacial score (nSPS) is 17.9. The van der Waals surface area contributed by atoms with Gasteiger partial charge in [-0.05, 0) is 32.1 Å². The number of amides is 1. The molecule has 0 aromatic carbocycles. The molecule has 6 N–H and O–H groups in total. The second-order valence-corrected chi connectivity index (χ2v) is 26.4. The minimum absolute atomic E-state index is 0.0182. The lowest BCUT2D eigenvalue weighted by Crippen LogP contribution is -2.60. The van der Waals surface area contributed by atoms with Crippen LogP contribution in [-0.2, 0) is 23.8 Å². The highest BCUT2D eigenvalue weighted by molar-refractivity contribution is 5.76. The number of esters is 1. The number of carbonyl (C=O) groups excluding carboxylic acids is 2. The third kappa shape index (κ3) is 52.8. The molecule has 504 valence electrons. The standard InChI is InChI=1S/C74H143NO10/c1-3-5-7-9-11-13-14-15-35-39-42-46-50-54-58-62-70(79)83-63-59-55-51-47-43-40-37-34-32-30-28-26-24-22-20-18-16-17-19-21-23-25-27-29-31-33-36-38-41-45-49-53-57-61-69(78)75-66(67(77)60-56-52-48-44-12-10-8-6-4-2)65-84-74-73(82)72(81)71(80)68(64-76)85-74/h56,60,66-68,71-74,76-77,80-82H,3-55,57-59,61-65H2,1-2H3,(H,75,78)/b60-56+. The first-order valence-corrected chi connectivity index (χ1v) is 37.5. The van der Waals surface area contributed by atoms with Gasteiger partial charge in [0.1, 0.15) is 24.4 Å². The van der Waals surface area contributed by atoms with Crippen LogP contribution in [0.5, 0.6) is 0 Å². The van der Waals surface area contributed by atoms with Gasteiger partial charge in [-0.3, -0.25) is 9.59 Å². The summed E-state index contributed by atoms with van der Waals surface area (Å²) < 4.78 is 16.7. The third-order valence-corrected chi connectivity index (χ3v) is 18.2. The maximum atomic E-state index is 13.0. The SMILES string of the molecule is CCCCCCCCC/C=C/C(O)C(COC1OC(CO)C(O)C(O)C1O)NC(=O)CCCCCCCCCCCCCCCCCCCCCCCCCCCCCCCCCCCOC(=O)CCCCCCCCCCCCCCCCC. The van der Waals surface area contributed by atoms with E-state index in [1.54, 1.807) is 6.08 Å². The van der Waals surface area contributed by atoms with Crippen molar-refractivity contribution in [3.05, 3.63) is 12.2 Å². The van der Waals surface area contributed by atoms with E-state index in [0.29, 0.717) is 19.4 Å². The summed E-state index contributed by atoms with van der Waals surface area (Å²) in [4.78, 5) is 25.1. The fraction of sp³-hybridized carbons (Fsp3) is 0.946. The number of ether oxygens (including phenoxy) is 3. The monoisotopic (exact) mass is 1210 g/mol. The molecule has 1 fully saturated rings. The van der Waals surface area contributed by atoms with Gasteiger partial charge in [0.2, 0.25) is 5.91 Å². The van der Waals surface area contributed by atoms with E-state index < -0.39 is 49.5 Å². The number of aliphatic hydroxyl groups excluding tert-OH is 5. The molecule has 1 heterocycles. The molecule has 1 aliphatic heterocycles. The topological polar surface area (TPSA) is 175 Å². The zero-order valence-corrected chi connectivity index (χ0v) is 56.1. The largest absolute Gasteiger partial charge is 0.466 e. The fourth-order valence-corrected chi connectivity index (χ4v) is 12.3. The van der Waals surface area contributed by atoms with Crippen LogP contribution in [0.4, 0.5) is 0 Å². The summed E-state index contributed by atoms with van der Waals surface area (Å²) in [6, 6.07) is -0.804. The van der Waals surface area contributed by atoms with Crippen molar-refractivity contribution < 1.29 is 49.3 Å². The lowest BCUT2D eigenvalue weighted by molar-refractivity contribution is -0.302. The van der Waals surface area contributed by atoms with Gasteiger partial charge in [-0.25, -0.2) is 0 Å². The lowest BCUT2D eigenvalue weighted by atomic mass is 9.99. The van der Waals surface area contributed by atoms with Gasteiger partial charge in [-0.15, -0.1) is 0 Å². The summed E-state index contributed by atoms with van der Waals surface area (Å²) in [5, 5.41) is 54.3. The van der Waals surface area contributed by atoms with Gasteiger partial charge in [-0.2, -0.15) is 0 Å². The molecule has 0 radical (unpaired) electrons. The van der Waals surface area contributed by atoms with Gasteiger partial charge >= 0.3 is 5.97 Å². The number of aliphatic hydroxyl groups is 5.